The number of pyridine rings is 1. The first-order chi connectivity index (χ1) is 16.4. The summed E-state index contributed by atoms with van der Waals surface area (Å²) in [5.41, 5.74) is 14.9. The van der Waals surface area contributed by atoms with Crippen molar-refractivity contribution in [1.29, 1.82) is 5.41 Å². The highest BCUT2D eigenvalue weighted by molar-refractivity contribution is 6.17. The zero-order valence-corrected chi connectivity index (χ0v) is 18.7. The summed E-state index contributed by atoms with van der Waals surface area (Å²) in [6, 6.07) is 15.4. The average Bonchev–Trinajstić information content (AvgIpc) is 3.21. The van der Waals surface area contributed by atoms with Crippen molar-refractivity contribution in [2.45, 2.75) is 6.54 Å². The standard InChI is InChI=1S/C24H23N9O/c1-33(2)23-16-6-4-3-5-13(16)9-15(31-23)11-28-22-19(21(26)29-12-30-22)20(25)14-7-8-18-17(10-14)32-24(27)34-18/h3-10,12,25H,11H2,1-2H3,(H2,27,32)(H3,26,28,29,30). The molecule has 0 aliphatic carbocycles. The summed E-state index contributed by atoms with van der Waals surface area (Å²) >= 11 is 0. The number of nitrogens with zero attached hydrogens (tertiary/aromatic N) is 5. The first-order valence-electron chi connectivity index (χ1n) is 10.6. The number of hydrogen-bond donors (Lipinski definition) is 4. The van der Waals surface area contributed by atoms with Crippen LogP contribution in [0.4, 0.5) is 23.5 Å². The third kappa shape index (κ3) is 3.81. The Bertz CT molecular complexity index is 1540. The van der Waals surface area contributed by atoms with Crippen LogP contribution in [0.25, 0.3) is 21.9 Å². The Labute approximate surface area is 195 Å². The van der Waals surface area contributed by atoms with Gasteiger partial charge in [0.1, 0.15) is 29.3 Å². The molecule has 3 heterocycles. The topological polar surface area (TPSA) is 156 Å². The van der Waals surface area contributed by atoms with E-state index in [4.69, 9.17) is 26.3 Å². The summed E-state index contributed by atoms with van der Waals surface area (Å²) in [7, 11) is 3.94. The second kappa shape index (κ2) is 8.32. The second-order valence-corrected chi connectivity index (χ2v) is 8.00. The Morgan fingerprint density at radius 2 is 1.88 bits per heavy atom. The minimum absolute atomic E-state index is 0.0728. The fourth-order valence-electron chi connectivity index (χ4n) is 3.87. The first-order valence-corrected chi connectivity index (χ1v) is 10.6. The maximum Gasteiger partial charge on any atom is 0.292 e. The van der Waals surface area contributed by atoms with Gasteiger partial charge in [0.05, 0.1) is 23.5 Å². The van der Waals surface area contributed by atoms with E-state index >= 15 is 0 Å². The number of fused-ring (bicyclic) bond motifs is 2. The molecule has 0 aliphatic heterocycles. The fourth-order valence-corrected chi connectivity index (χ4v) is 3.87. The Morgan fingerprint density at radius 3 is 2.71 bits per heavy atom. The average molecular weight is 454 g/mol. The van der Waals surface area contributed by atoms with Crippen LogP contribution >= 0.6 is 0 Å². The molecule has 10 heteroatoms. The van der Waals surface area contributed by atoms with Gasteiger partial charge in [0.25, 0.3) is 6.01 Å². The van der Waals surface area contributed by atoms with E-state index in [2.05, 4.69) is 32.4 Å². The molecule has 0 fully saturated rings. The van der Waals surface area contributed by atoms with Gasteiger partial charge in [-0.05, 0) is 29.7 Å². The van der Waals surface area contributed by atoms with Crippen LogP contribution in [0, 0.1) is 5.41 Å². The predicted octanol–water partition coefficient (Wildman–Crippen LogP) is 3.42. The monoisotopic (exact) mass is 453 g/mol. The summed E-state index contributed by atoms with van der Waals surface area (Å²) in [6.45, 7) is 0.390. The van der Waals surface area contributed by atoms with Gasteiger partial charge in [-0.3, -0.25) is 5.41 Å². The normalized spacial score (nSPS) is 11.1. The van der Waals surface area contributed by atoms with Crippen LogP contribution in [0.2, 0.25) is 0 Å². The van der Waals surface area contributed by atoms with Gasteiger partial charge in [-0.25, -0.2) is 15.0 Å². The summed E-state index contributed by atoms with van der Waals surface area (Å²) in [4.78, 5) is 19.4. The van der Waals surface area contributed by atoms with Crippen LogP contribution < -0.4 is 21.7 Å². The number of oxazole rings is 1. The van der Waals surface area contributed by atoms with E-state index < -0.39 is 0 Å². The smallest absolute Gasteiger partial charge is 0.292 e. The van der Waals surface area contributed by atoms with Gasteiger partial charge >= 0.3 is 0 Å². The molecule has 10 nitrogen and oxygen atoms in total. The molecule has 170 valence electrons. The lowest BCUT2D eigenvalue weighted by molar-refractivity contribution is 0.626. The maximum absolute atomic E-state index is 8.80. The molecule has 34 heavy (non-hydrogen) atoms. The molecule has 5 rings (SSSR count). The van der Waals surface area contributed by atoms with Crippen LogP contribution in [0.1, 0.15) is 16.8 Å². The number of benzene rings is 2. The molecule has 0 saturated carbocycles. The predicted molar refractivity (Wildman–Crippen MR) is 134 cm³/mol. The molecule has 0 atom stereocenters. The third-order valence-corrected chi connectivity index (χ3v) is 5.45. The Balaban J connectivity index is 1.48. The van der Waals surface area contributed by atoms with Crippen molar-refractivity contribution >= 4 is 51.1 Å². The van der Waals surface area contributed by atoms with Gasteiger partial charge in [0, 0.05) is 25.0 Å². The van der Waals surface area contributed by atoms with Crippen molar-refractivity contribution < 1.29 is 4.42 Å². The highest BCUT2D eigenvalue weighted by Gasteiger charge is 2.18. The second-order valence-electron chi connectivity index (χ2n) is 8.00. The lowest BCUT2D eigenvalue weighted by atomic mass is 10.0. The molecule has 0 radical (unpaired) electrons. The van der Waals surface area contributed by atoms with Crippen molar-refractivity contribution in [2.75, 3.05) is 35.8 Å². The summed E-state index contributed by atoms with van der Waals surface area (Å²) in [6.07, 6.45) is 1.37. The van der Waals surface area contributed by atoms with Crippen molar-refractivity contribution in [1.82, 2.24) is 19.9 Å². The fraction of sp³-hybridized carbons (Fsp3) is 0.125. The molecule has 0 bridgehead atoms. The number of anilines is 4. The van der Waals surface area contributed by atoms with Crippen molar-refractivity contribution in [3.63, 3.8) is 0 Å². The molecule has 0 aliphatic rings. The van der Waals surface area contributed by atoms with E-state index in [1.807, 2.05) is 37.2 Å². The molecule has 2 aromatic carbocycles. The van der Waals surface area contributed by atoms with Crippen molar-refractivity contribution in [3.05, 3.63) is 71.7 Å². The van der Waals surface area contributed by atoms with Gasteiger partial charge in [-0.15, -0.1) is 0 Å². The molecule has 0 unspecified atom stereocenters. The van der Waals surface area contributed by atoms with Crippen LogP contribution in [-0.2, 0) is 6.54 Å². The highest BCUT2D eigenvalue weighted by atomic mass is 16.4. The lowest BCUT2D eigenvalue weighted by Gasteiger charge is -2.17. The summed E-state index contributed by atoms with van der Waals surface area (Å²) in [5, 5.41) is 14.3. The highest BCUT2D eigenvalue weighted by Crippen LogP contribution is 2.27. The molecule has 5 aromatic rings. The van der Waals surface area contributed by atoms with E-state index in [1.165, 1.54) is 6.33 Å². The Morgan fingerprint density at radius 1 is 1.06 bits per heavy atom. The first kappa shape index (κ1) is 21.1. The van der Waals surface area contributed by atoms with Crippen LogP contribution in [-0.4, -0.2) is 39.7 Å². The number of aromatic nitrogens is 4. The van der Waals surface area contributed by atoms with Gasteiger partial charge in [-0.2, -0.15) is 4.98 Å². The minimum atomic E-state index is 0.0728. The van der Waals surface area contributed by atoms with Gasteiger partial charge in [0.2, 0.25) is 0 Å². The number of rotatable bonds is 6. The van der Waals surface area contributed by atoms with Gasteiger partial charge in [-0.1, -0.05) is 24.3 Å². The molecule has 0 amide bonds. The Hall–Kier alpha value is -4.73. The van der Waals surface area contributed by atoms with Gasteiger partial charge in [0.15, 0.2) is 5.58 Å². The van der Waals surface area contributed by atoms with Crippen LogP contribution in [0.3, 0.4) is 0 Å². The van der Waals surface area contributed by atoms with Crippen LogP contribution in [0.5, 0.6) is 0 Å². The zero-order chi connectivity index (χ0) is 23.8. The summed E-state index contributed by atoms with van der Waals surface area (Å²) < 4.78 is 5.32. The van der Waals surface area contributed by atoms with E-state index in [-0.39, 0.29) is 17.5 Å². The third-order valence-electron chi connectivity index (χ3n) is 5.45. The van der Waals surface area contributed by atoms with E-state index in [0.717, 1.165) is 22.3 Å². The van der Waals surface area contributed by atoms with E-state index in [9.17, 15) is 0 Å². The molecule has 3 aromatic heterocycles. The van der Waals surface area contributed by atoms with E-state index in [0.29, 0.717) is 34.6 Å². The zero-order valence-electron chi connectivity index (χ0n) is 18.7. The van der Waals surface area contributed by atoms with Gasteiger partial charge < -0.3 is 26.1 Å². The maximum atomic E-state index is 8.80. The van der Waals surface area contributed by atoms with Crippen molar-refractivity contribution in [3.8, 4) is 0 Å². The molecule has 0 saturated heterocycles. The largest absolute Gasteiger partial charge is 0.424 e. The van der Waals surface area contributed by atoms with E-state index in [1.54, 1.807) is 18.2 Å². The Kier molecular flexibility index (Phi) is 5.17. The molecule has 0 spiro atoms. The quantitative estimate of drug-likeness (QED) is 0.283. The minimum Gasteiger partial charge on any atom is -0.424 e. The molecular weight excluding hydrogens is 430 g/mol. The number of nitrogens with one attached hydrogen (secondary N) is 2. The number of nitrogens with two attached hydrogens (primary N) is 2. The van der Waals surface area contributed by atoms with Crippen LogP contribution in [0.15, 0.2) is 59.3 Å². The number of hydrogen-bond acceptors (Lipinski definition) is 10. The molecular formula is C24H23N9O. The van der Waals surface area contributed by atoms with Crippen molar-refractivity contribution in [2.24, 2.45) is 0 Å². The number of nitrogen functional groups attached to an aromatic ring is 2. The SMILES string of the molecule is CN(C)c1nc(CNc2ncnc(N)c2C(=N)c2ccc3oc(N)nc3c2)cc2ccccc12. The summed E-state index contributed by atoms with van der Waals surface area (Å²) in [5.74, 6) is 1.52. The lowest BCUT2D eigenvalue weighted by Crippen LogP contribution is -2.15. The molecule has 6 N–H and O–H groups in total.